The number of phenolic OH excluding ortho intramolecular Hbond substituents is 1. The third-order valence-corrected chi connectivity index (χ3v) is 2.28. The zero-order chi connectivity index (χ0) is 9.42. The molecule has 0 radical (unpaired) electrons. The number of halogens is 1. The van der Waals surface area contributed by atoms with Crippen LogP contribution in [0, 0.1) is 5.82 Å². The SMILES string of the molecule is CC1CCc2cc(O)c(F)cc2O1. The van der Waals surface area contributed by atoms with Crippen LogP contribution in [0.1, 0.15) is 18.9 Å². The van der Waals surface area contributed by atoms with Gasteiger partial charge in [-0.3, -0.25) is 0 Å². The highest BCUT2D eigenvalue weighted by Crippen LogP contribution is 2.32. The van der Waals surface area contributed by atoms with E-state index in [9.17, 15) is 4.39 Å². The number of aromatic hydroxyl groups is 1. The monoisotopic (exact) mass is 182 g/mol. The van der Waals surface area contributed by atoms with Crippen molar-refractivity contribution in [1.29, 1.82) is 0 Å². The third kappa shape index (κ3) is 1.46. The highest BCUT2D eigenvalue weighted by Gasteiger charge is 2.18. The molecule has 1 N–H and O–H groups in total. The summed E-state index contributed by atoms with van der Waals surface area (Å²) in [5.41, 5.74) is 0.886. The van der Waals surface area contributed by atoms with Gasteiger partial charge in [0.15, 0.2) is 11.6 Å². The maximum atomic E-state index is 12.9. The maximum Gasteiger partial charge on any atom is 0.168 e. The average molecular weight is 182 g/mol. The lowest BCUT2D eigenvalue weighted by atomic mass is 10.0. The van der Waals surface area contributed by atoms with E-state index in [0.29, 0.717) is 5.75 Å². The van der Waals surface area contributed by atoms with Crippen LogP contribution in [0.15, 0.2) is 12.1 Å². The molecule has 1 aliphatic rings. The van der Waals surface area contributed by atoms with Gasteiger partial charge in [0.1, 0.15) is 5.75 Å². The van der Waals surface area contributed by atoms with E-state index >= 15 is 0 Å². The number of phenols is 1. The fourth-order valence-corrected chi connectivity index (χ4v) is 1.53. The molecule has 0 aromatic heterocycles. The zero-order valence-corrected chi connectivity index (χ0v) is 7.38. The first kappa shape index (κ1) is 8.35. The van der Waals surface area contributed by atoms with Gasteiger partial charge in [-0.2, -0.15) is 0 Å². The first-order chi connectivity index (χ1) is 6.16. The van der Waals surface area contributed by atoms with Gasteiger partial charge >= 0.3 is 0 Å². The number of fused-ring (bicyclic) bond motifs is 1. The Labute approximate surface area is 76.0 Å². The highest BCUT2D eigenvalue weighted by atomic mass is 19.1. The molecule has 0 bridgehead atoms. The van der Waals surface area contributed by atoms with Gasteiger partial charge in [0.05, 0.1) is 6.10 Å². The number of hydrogen-bond donors (Lipinski definition) is 1. The Morgan fingerprint density at radius 3 is 3.08 bits per heavy atom. The van der Waals surface area contributed by atoms with Crippen molar-refractivity contribution in [3.8, 4) is 11.5 Å². The molecule has 70 valence electrons. The summed E-state index contributed by atoms with van der Waals surface area (Å²) in [7, 11) is 0. The molecule has 0 saturated carbocycles. The first-order valence-electron chi connectivity index (χ1n) is 4.35. The molecular formula is C10H11FO2. The van der Waals surface area contributed by atoms with E-state index in [1.54, 1.807) is 0 Å². The Bertz CT molecular complexity index is 336. The smallest absolute Gasteiger partial charge is 0.168 e. The molecular weight excluding hydrogens is 171 g/mol. The Morgan fingerprint density at radius 1 is 1.54 bits per heavy atom. The molecule has 2 rings (SSSR count). The molecule has 1 unspecified atom stereocenters. The average Bonchev–Trinajstić information content (AvgIpc) is 2.08. The molecule has 1 aromatic rings. The van der Waals surface area contributed by atoms with Crippen molar-refractivity contribution in [2.75, 3.05) is 0 Å². The molecule has 0 fully saturated rings. The van der Waals surface area contributed by atoms with Crippen LogP contribution < -0.4 is 4.74 Å². The van der Waals surface area contributed by atoms with Gasteiger partial charge in [0, 0.05) is 6.07 Å². The lowest BCUT2D eigenvalue weighted by Crippen LogP contribution is -2.18. The fourth-order valence-electron chi connectivity index (χ4n) is 1.53. The Balaban J connectivity index is 2.43. The van der Waals surface area contributed by atoms with Crippen LogP contribution in [0.25, 0.3) is 0 Å². The Hall–Kier alpha value is -1.25. The number of aryl methyl sites for hydroxylation is 1. The number of benzene rings is 1. The van der Waals surface area contributed by atoms with Crippen LogP contribution >= 0.6 is 0 Å². The zero-order valence-electron chi connectivity index (χ0n) is 7.38. The van der Waals surface area contributed by atoms with Crippen molar-refractivity contribution in [1.82, 2.24) is 0 Å². The summed E-state index contributed by atoms with van der Waals surface area (Å²) in [6.07, 6.45) is 1.89. The molecule has 0 saturated heterocycles. The van der Waals surface area contributed by atoms with E-state index in [4.69, 9.17) is 9.84 Å². The summed E-state index contributed by atoms with van der Waals surface area (Å²) in [5, 5.41) is 9.11. The molecule has 1 aliphatic heterocycles. The van der Waals surface area contributed by atoms with E-state index in [1.165, 1.54) is 12.1 Å². The summed E-state index contributed by atoms with van der Waals surface area (Å²) in [6.45, 7) is 1.95. The number of ether oxygens (including phenoxy) is 1. The summed E-state index contributed by atoms with van der Waals surface area (Å²) in [5.74, 6) is -0.348. The van der Waals surface area contributed by atoms with Gasteiger partial charge in [0.2, 0.25) is 0 Å². The molecule has 0 aliphatic carbocycles. The largest absolute Gasteiger partial charge is 0.505 e. The molecule has 0 spiro atoms. The molecule has 2 nitrogen and oxygen atoms in total. The summed E-state index contributed by atoms with van der Waals surface area (Å²) >= 11 is 0. The molecule has 13 heavy (non-hydrogen) atoms. The normalized spacial score (nSPS) is 20.6. The second kappa shape index (κ2) is 2.91. The standard InChI is InChI=1S/C10H11FO2/c1-6-2-3-7-4-9(12)8(11)5-10(7)13-6/h4-6,12H,2-3H2,1H3. The van der Waals surface area contributed by atoms with Crippen molar-refractivity contribution >= 4 is 0 Å². The molecule has 0 amide bonds. The summed E-state index contributed by atoms with van der Waals surface area (Å²) in [4.78, 5) is 0. The van der Waals surface area contributed by atoms with Gasteiger partial charge in [0.25, 0.3) is 0 Å². The number of hydrogen-bond acceptors (Lipinski definition) is 2. The van der Waals surface area contributed by atoms with Crippen LogP contribution in [-0.4, -0.2) is 11.2 Å². The lowest BCUT2D eigenvalue weighted by Gasteiger charge is -2.23. The van der Waals surface area contributed by atoms with E-state index in [1.807, 2.05) is 6.92 Å². The van der Waals surface area contributed by atoms with Gasteiger partial charge in [-0.15, -0.1) is 0 Å². The highest BCUT2D eigenvalue weighted by molar-refractivity contribution is 5.42. The van der Waals surface area contributed by atoms with Crippen LogP contribution in [0.3, 0.4) is 0 Å². The van der Waals surface area contributed by atoms with Gasteiger partial charge in [-0.1, -0.05) is 0 Å². The second-order valence-corrected chi connectivity index (χ2v) is 3.38. The van der Waals surface area contributed by atoms with Crippen LogP contribution in [0.5, 0.6) is 11.5 Å². The third-order valence-electron chi connectivity index (χ3n) is 2.28. The molecule has 1 heterocycles. The van der Waals surface area contributed by atoms with Crippen molar-refractivity contribution in [2.24, 2.45) is 0 Å². The van der Waals surface area contributed by atoms with E-state index in [2.05, 4.69) is 0 Å². The minimum atomic E-state index is -0.618. The fraction of sp³-hybridized carbons (Fsp3) is 0.400. The summed E-state index contributed by atoms with van der Waals surface area (Å²) < 4.78 is 18.3. The van der Waals surface area contributed by atoms with Crippen molar-refractivity contribution in [2.45, 2.75) is 25.9 Å². The van der Waals surface area contributed by atoms with Crippen molar-refractivity contribution in [3.63, 3.8) is 0 Å². The van der Waals surface area contributed by atoms with Gasteiger partial charge in [-0.25, -0.2) is 4.39 Å². The topological polar surface area (TPSA) is 29.5 Å². The quantitative estimate of drug-likeness (QED) is 0.666. The van der Waals surface area contributed by atoms with Crippen LogP contribution in [0.4, 0.5) is 4.39 Å². The van der Waals surface area contributed by atoms with E-state index < -0.39 is 5.82 Å². The van der Waals surface area contributed by atoms with Gasteiger partial charge < -0.3 is 9.84 Å². The Kier molecular flexibility index (Phi) is 1.87. The maximum absolute atomic E-state index is 12.9. The molecule has 3 heteroatoms. The van der Waals surface area contributed by atoms with Gasteiger partial charge in [-0.05, 0) is 31.4 Å². The predicted molar refractivity (Wildman–Crippen MR) is 46.5 cm³/mol. The predicted octanol–water partition coefficient (Wildman–Crippen LogP) is 2.24. The first-order valence-corrected chi connectivity index (χ1v) is 4.35. The van der Waals surface area contributed by atoms with Crippen molar-refractivity contribution < 1.29 is 14.2 Å². The summed E-state index contributed by atoms with van der Waals surface area (Å²) in [6, 6.07) is 2.69. The lowest BCUT2D eigenvalue weighted by molar-refractivity contribution is 0.191. The van der Waals surface area contributed by atoms with Crippen LogP contribution in [0.2, 0.25) is 0 Å². The molecule has 1 atom stereocenters. The molecule has 1 aromatic carbocycles. The number of rotatable bonds is 0. The minimum absolute atomic E-state index is 0.136. The van der Waals surface area contributed by atoms with Crippen LogP contribution in [-0.2, 0) is 6.42 Å². The minimum Gasteiger partial charge on any atom is -0.505 e. The van der Waals surface area contributed by atoms with E-state index in [-0.39, 0.29) is 11.9 Å². The Morgan fingerprint density at radius 2 is 2.31 bits per heavy atom. The van der Waals surface area contributed by atoms with Crippen molar-refractivity contribution in [3.05, 3.63) is 23.5 Å². The second-order valence-electron chi connectivity index (χ2n) is 3.38. The van der Waals surface area contributed by atoms with E-state index in [0.717, 1.165) is 18.4 Å².